The molecule has 12 heavy (non-hydrogen) atoms. The van der Waals surface area contributed by atoms with Gasteiger partial charge in [-0.05, 0) is 12.2 Å². The van der Waals surface area contributed by atoms with E-state index in [-0.39, 0.29) is 0 Å². The largest absolute Gasteiger partial charge is 0.481 e. The van der Waals surface area contributed by atoms with E-state index in [9.17, 15) is 0 Å². The lowest BCUT2D eigenvalue weighted by Gasteiger charge is -2.24. The second kappa shape index (κ2) is 6.04. The number of morpholine rings is 1. The highest BCUT2D eigenvalue weighted by molar-refractivity contribution is 8.82. The van der Waals surface area contributed by atoms with Gasteiger partial charge in [0.1, 0.15) is 0 Å². The quantitative estimate of drug-likeness (QED) is 0.401. The first-order chi connectivity index (χ1) is 5.83. The highest BCUT2D eigenvalue weighted by atomic mass is 33.1. The van der Waals surface area contributed by atoms with Crippen molar-refractivity contribution < 1.29 is 9.47 Å². The summed E-state index contributed by atoms with van der Waals surface area (Å²) in [5, 5.41) is 0. The molecular weight excluding hydrogens is 214 g/mol. The van der Waals surface area contributed by atoms with Crippen LogP contribution in [0.25, 0.3) is 0 Å². The molecule has 0 aliphatic carbocycles. The Morgan fingerprint density at radius 1 is 1.50 bits per heavy atom. The molecule has 0 aromatic carbocycles. The van der Waals surface area contributed by atoms with Crippen LogP contribution in [0, 0.1) is 0 Å². The van der Waals surface area contributed by atoms with Crippen molar-refractivity contribution in [3.63, 3.8) is 0 Å². The average molecular weight is 225 g/mol. The molecule has 0 radical (unpaired) electrons. The molecule has 70 valence electrons. The van der Waals surface area contributed by atoms with E-state index in [4.69, 9.17) is 21.7 Å². The van der Waals surface area contributed by atoms with E-state index < -0.39 is 0 Å². The van der Waals surface area contributed by atoms with Crippen LogP contribution in [0.5, 0.6) is 0 Å². The molecule has 0 bridgehead atoms. The van der Waals surface area contributed by atoms with Gasteiger partial charge in [0.15, 0.2) is 0 Å². The van der Waals surface area contributed by atoms with E-state index in [0.717, 1.165) is 26.3 Å². The van der Waals surface area contributed by atoms with Crippen molar-refractivity contribution in [3.8, 4) is 0 Å². The third-order valence-corrected chi connectivity index (χ3v) is 4.34. The van der Waals surface area contributed by atoms with Gasteiger partial charge in [0.2, 0.25) is 4.38 Å². The summed E-state index contributed by atoms with van der Waals surface area (Å²) < 4.78 is 12.9. The van der Waals surface area contributed by atoms with Gasteiger partial charge >= 0.3 is 0 Å². The van der Waals surface area contributed by atoms with Crippen LogP contribution in [0.1, 0.15) is 0 Å². The number of rotatable bonds is 2. The Hall–Kier alpha value is 0.510. The summed E-state index contributed by atoms with van der Waals surface area (Å²) in [5.41, 5.74) is 0. The zero-order valence-electron chi connectivity index (χ0n) is 6.82. The molecule has 3 nitrogen and oxygen atoms in total. The number of hydrogen-bond donors (Lipinski definition) is 0. The van der Waals surface area contributed by atoms with E-state index in [2.05, 4.69) is 4.31 Å². The van der Waals surface area contributed by atoms with Crippen molar-refractivity contribution in [2.24, 2.45) is 0 Å². The lowest BCUT2D eigenvalue weighted by Crippen LogP contribution is -2.30. The maximum absolute atomic E-state index is 5.20. The number of thiocarbonyl (C=S) groups is 1. The normalized spacial score (nSPS) is 19.1. The second-order valence-corrected chi connectivity index (χ2v) is 4.93. The van der Waals surface area contributed by atoms with Gasteiger partial charge in [-0.3, -0.25) is 0 Å². The maximum atomic E-state index is 5.20. The lowest BCUT2D eigenvalue weighted by molar-refractivity contribution is 0.0779. The van der Waals surface area contributed by atoms with Crippen molar-refractivity contribution in [3.05, 3.63) is 0 Å². The van der Waals surface area contributed by atoms with Crippen molar-refractivity contribution >= 4 is 38.4 Å². The number of ether oxygens (including phenoxy) is 2. The third-order valence-electron chi connectivity index (χ3n) is 1.35. The summed E-state index contributed by atoms with van der Waals surface area (Å²) in [5.74, 6) is 0. The van der Waals surface area contributed by atoms with Crippen LogP contribution in [0.3, 0.4) is 0 Å². The van der Waals surface area contributed by atoms with E-state index in [0.29, 0.717) is 4.38 Å². The number of hydrogen-bond acceptors (Lipinski definition) is 6. The van der Waals surface area contributed by atoms with Gasteiger partial charge in [0.25, 0.3) is 0 Å². The maximum Gasteiger partial charge on any atom is 0.231 e. The van der Waals surface area contributed by atoms with Crippen molar-refractivity contribution in [2.75, 3.05) is 33.4 Å². The molecular formula is C6H11NO2S3. The highest BCUT2D eigenvalue weighted by Gasteiger charge is 2.11. The van der Waals surface area contributed by atoms with Gasteiger partial charge in [-0.15, -0.1) is 0 Å². The molecule has 0 spiro atoms. The topological polar surface area (TPSA) is 21.7 Å². The molecule has 1 rings (SSSR count). The molecule has 1 aliphatic heterocycles. The predicted octanol–water partition coefficient (Wildman–Crippen LogP) is 1.55. The number of methoxy groups -OCH3 is 1. The van der Waals surface area contributed by atoms with E-state index in [1.165, 1.54) is 10.8 Å². The standard InChI is InChI=1S/C6H11NO2S3/c1-8-6(10)11-12-7-2-4-9-5-3-7/h2-5H2,1H3. The molecule has 0 amide bonds. The van der Waals surface area contributed by atoms with Gasteiger partial charge in [-0.1, -0.05) is 0 Å². The van der Waals surface area contributed by atoms with E-state index in [1.807, 2.05) is 0 Å². The van der Waals surface area contributed by atoms with Crippen LogP contribution in [-0.4, -0.2) is 42.1 Å². The van der Waals surface area contributed by atoms with Crippen molar-refractivity contribution in [1.82, 2.24) is 4.31 Å². The molecule has 0 aromatic rings. The van der Waals surface area contributed by atoms with Gasteiger partial charge in [-0.2, -0.15) is 0 Å². The molecule has 0 N–H and O–H groups in total. The Morgan fingerprint density at radius 3 is 2.75 bits per heavy atom. The molecule has 1 fully saturated rings. The minimum Gasteiger partial charge on any atom is -0.481 e. The third kappa shape index (κ3) is 3.95. The van der Waals surface area contributed by atoms with Crippen LogP contribution in [-0.2, 0) is 9.47 Å². The first-order valence-electron chi connectivity index (χ1n) is 3.58. The first kappa shape index (κ1) is 10.6. The minimum atomic E-state index is 0.575. The zero-order chi connectivity index (χ0) is 8.81. The first-order valence-corrected chi connectivity index (χ1v) is 6.09. The summed E-state index contributed by atoms with van der Waals surface area (Å²) >= 11 is 4.89. The van der Waals surface area contributed by atoms with E-state index in [1.54, 1.807) is 18.1 Å². The van der Waals surface area contributed by atoms with Crippen molar-refractivity contribution in [2.45, 2.75) is 0 Å². The fourth-order valence-corrected chi connectivity index (χ4v) is 2.69. The average Bonchev–Trinajstić information content (AvgIpc) is 2.16. The Bertz CT molecular complexity index is 150. The minimum absolute atomic E-state index is 0.575. The van der Waals surface area contributed by atoms with Crippen LogP contribution in [0.4, 0.5) is 0 Å². The molecule has 0 unspecified atom stereocenters. The SMILES string of the molecule is COC(=S)SSN1CCOCC1. The molecule has 0 atom stereocenters. The Kier molecular flexibility index (Phi) is 5.33. The summed E-state index contributed by atoms with van der Waals surface area (Å²) in [6.07, 6.45) is 0. The van der Waals surface area contributed by atoms with Gasteiger partial charge in [0, 0.05) is 34.9 Å². The zero-order valence-corrected chi connectivity index (χ0v) is 9.27. The van der Waals surface area contributed by atoms with Crippen LogP contribution >= 0.6 is 34.0 Å². The molecule has 1 saturated heterocycles. The fourth-order valence-electron chi connectivity index (χ4n) is 0.738. The Morgan fingerprint density at radius 2 is 2.17 bits per heavy atom. The summed E-state index contributed by atoms with van der Waals surface area (Å²) in [6, 6.07) is 0. The summed E-state index contributed by atoms with van der Waals surface area (Å²) in [7, 11) is 4.71. The monoisotopic (exact) mass is 225 g/mol. The molecule has 0 saturated carbocycles. The molecule has 6 heteroatoms. The Labute approximate surface area is 85.7 Å². The van der Waals surface area contributed by atoms with E-state index >= 15 is 0 Å². The second-order valence-electron chi connectivity index (χ2n) is 2.15. The Balaban J connectivity index is 2.09. The van der Waals surface area contributed by atoms with Gasteiger partial charge in [-0.25, -0.2) is 4.31 Å². The van der Waals surface area contributed by atoms with Crippen molar-refractivity contribution in [1.29, 1.82) is 0 Å². The van der Waals surface area contributed by atoms with Crippen LogP contribution < -0.4 is 0 Å². The van der Waals surface area contributed by atoms with Gasteiger partial charge in [0.05, 0.1) is 20.3 Å². The summed E-state index contributed by atoms with van der Waals surface area (Å²) in [6.45, 7) is 3.55. The molecule has 1 aliphatic rings. The molecule has 0 aromatic heterocycles. The molecule has 1 heterocycles. The van der Waals surface area contributed by atoms with Gasteiger partial charge < -0.3 is 9.47 Å². The van der Waals surface area contributed by atoms with Crippen LogP contribution in [0.15, 0.2) is 0 Å². The lowest BCUT2D eigenvalue weighted by atomic mass is 10.5. The highest BCUT2D eigenvalue weighted by Crippen LogP contribution is 2.28. The predicted molar refractivity (Wildman–Crippen MR) is 57.2 cm³/mol. The summed E-state index contributed by atoms with van der Waals surface area (Å²) in [4.78, 5) is 0. The smallest absolute Gasteiger partial charge is 0.231 e. The fraction of sp³-hybridized carbons (Fsp3) is 0.833. The van der Waals surface area contributed by atoms with Crippen LogP contribution in [0.2, 0.25) is 0 Å². The number of nitrogens with zero attached hydrogens (tertiary/aromatic N) is 1.